The molecule has 0 aliphatic carbocycles. The van der Waals surface area contributed by atoms with E-state index in [2.05, 4.69) is 33.0 Å². The van der Waals surface area contributed by atoms with Gasteiger partial charge in [0.05, 0.1) is 18.0 Å². The monoisotopic (exact) mass is 425 g/mol. The lowest BCUT2D eigenvalue weighted by molar-refractivity contribution is 0.0935. The number of hydrogen-bond donors (Lipinski definition) is 2. The molecule has 1 saturated heterocycles. The first-order chi connectivity index (χ1) is 15.0. The number of imidazole rings is 1. The summed E-state index contributed by atoms with van der Waals surface area (Å²) in [4.78, 5) is 15.7. The van der Waals surface area contributed by atoms with Crippen LogP contribution < -0.4 is 15.4 Å². The molecule has 0 bridgehead atoms. The summed E-state index contributed by atoms with van der Waals surface area (Å²) < 4.78 is 7.23. The van der Waals surface area contributed by atoms with Gasteiger partial charge in [-0.1, -0.05) is 19.4 Å². The Bertz CT molecular complexity index is 1030. The van der Waals surface area contributed by atoms with Crippen LogP contribution in [0.1, 0.15) is 55.8 Å². The SMILES string of the molecule is CCCC(O)COc1nc(N)c2ncc(Cc3cnc(N4CCCCC4)c(C)c3)n2n1. The lowest BCUT2D eigenvalue weighted by atomic mass is 10.1. The van der Waals surface area contributed by atoms with Crippen molar-refractivity contribution in [3.05, 3.63) is 35.3 Å². The minimum Gasteiger partial charge on any atom is -0.460 e. The van der Waals surface area contributed by atoms with E-state index >= 15 is 0 Å². The molecule has 9 nitrogen and oxygen atoms in total. The van der Waals surface area contributed by atoms with Gasteiger partial charge in [-0.3, -0.25) is 0 Å². The van der Waals surface area contributed by atoms with Crippen molar-refractivity contribution in [1.82, 2.24) is 24.6 Å². The predicted octanol–water partition coefficient (Wildman–Crippen LogP) is 2.53. The summed E-state index contributed by atoms with van der Waals surface area (Å²) in [6.45, 7) is 6.41. The number of fused-ring (bicyclic) bond motifs is 1. The van der Waals surface area contributed by atoms with Crippen molar-refractivity contribution in [2.24, 2.45) is 0 Å². The maximum Gasteiger partial charge on any atom is 0.336 e. The number of aliphatic hydroxyl groups is 1. The highest BCUT2D eigenvalue weighted by Gasteiger charge is 2.17. The van der Waals surface area contributed by atoms with Gasteiger partial charge in [-0.25, -0.2) is 14.5 Å². The van der Waals surface area contributed by atoms with E-state index in [1.54, 1.807) is 10.7 Å². The number of aromatic nitrogens is 5. The number of nitrogen functional groups attached to an aromatic ring is 1. The fourth-order valence-corrected chi connectivity index (χ4v) is 4.07. The molecular formula is C22H31N7O2. The summed E-state index contributed by atoms with van der Waals surface area (Å²) in [7, 11) is 0. The Hall–Kier alpha value is -2.94. The topological polar surface area (TPSA) is 115 Å². The van der Waals surface area contributed by atoms with E-state index in [4.69, 9.17) is 15.5 Å². The van der Waals surface area contributed by atoms with Gasteiger partial charge in [0.1, 0.15) is 12.4 Å². The molecule has 31 heavy (non-hydrogen) atoms. The van der Waals surface area contributed by atoms with Gasteiger partial charge in [0, 0.05) is 25.7 Å². The van der Waals surface area contributed by atoms with Crippen molar-refractivity contribution in [3.8, 4) is 6.01 Å². The van der Waals surface area contributed by atoms with Gasteiger partial charge < -0.3 is 20.5 Å². The zero-order valence-corrected chi connectivity index (χ0v) is 18.3. The van der Waals surface area contributed by atoms with E-state index in [1.807, 2.05) is 13.1 Å². The smallest absolute Gasteiger partial charge is 0.336 e. The Morgan fingerprint density at radius 1 is 1.19 bits per heavy atom. The maximum absolute atomic E-state index is 9.90. The molecule has 0 aromatic carbocycles. The van der Waals surface area contributed by atoms with Gasteiger partial charge >= 0.3 is 6.01 Å². The van der Waals surface area contributed by atoms with E-state index in [9.17, 15) is 5.11 Å². The number of ether oxygens (including phenoxy) is 1. The Kier molecular flexibility index (Phi) is 6.50. The number of piperidine rings is 1. The third-order valence-corrected chi connectivity index (χ3v) is 5.61. The van der Waals surface area contributed by atoms with Crippen LogP contribution >= 0.6 is 0 Å². The predicted molar refractivity (Wildman–Crippen MR) is 119 cm³/mol. The highest BCUT2D eigenvalue weighted by Crippen LogP contribution is 2.23. The zero-order valence-electron chi connectivity index (χ0n) is 18.3. The molecule has 1 atom stereocenters. The maximum atomic E-state index is 9.90. The summed E-state index contributed by atoms with van der Waals surface area (Å²) >= 11 is 0. The molecule has 0 saturated carbocycles. The quantitative estimate of drug-likeness (QED) is 0.566. The normalized spacial score (nSPS) is 15.4. The highest BCUT2D eigenvalue weighted by molar-refractivity contribution is 5.60. The van der Waals surface area contributed by atoms with Gasteiger partial charge in [0.2, 0.25) is 0 Å². The Morgan fingerprint density at radius 2 is 2.00 bits per heavy atom. The van der Waals surface area contributed by atoms with Crippen molar-refractivity contribution in [3.63, 3.8) is 0 Å². The molecule has 1 aliphatic rings. The first kappa shape index (κ1) is 21.3. The number of hydrogen-bond acceptors (Lipinski definition) is 8. The fourth-order valence-electron chi connectivity index (χ4n) is 4.07. The molecule has 3 aromatic heterocycles. The average Bonchev–Trinajstić information content (AvgIpc) is 3.16. The van der Waals surface area contributed by atoms with Crippen LogP contribution in [-0.4, -0.2) is 55.5 Å². The fraction of sp³-hybridized carbons (Fsp3) is 0.545. The molecule has 1 unspecified atom stereocenters. The molecule has 3 aromatic rings. The number of aryl methyl sites for hydroxylation is 1. The van der Waals surface area contributed by atoms with Crippen LogP contribution in [0.15, 0.2) is 18.5 Å². The third-order valence-electron chi connectivity index (χ3n) is 5.61. The minimum absolute atomic E-state index is 0.129. The number of pyridine rings is 1. The number of nitrogens with zero attached hydrogens (tertiary/aromatic N) is 6. The molecule has 4 heterocycles. The lowest BCUT2D eigenvalue weighted by Crippen LogP contribution is -2.30. The number of nitrogens with two attached hydrogens (primary N) is 1. The van der Waals surface area contributed by atoms with Crippen molar-refractivity contribution in [2.75, 3.05) is 30.3 Å². The van der Waals surface area contributed by atoms with Gasteiger partial charge in [0.15, 0.2) is 11.5 Å². The van der Waals surface area contributed by atoms with Crippen LogP contribution in [0.25, 0.3) is 5.65 Å². The molecule has 0 amide bonds. The van der Waals surface area contributed by atoms with E-state index < -0.39 is 6.10 Å². The first-order valence-electron chi connectivity index (χ1n) is 11.1. The summed E-state index contributed by atoms with van der Waals surface area (Å²) in [5.74, 6) is 1.32. The van der Waals surface area contributed by atoms with Crippen molar-refractivity contribution in [2.45, 2.75) is 58.5 Å². The summed E-state index contributed by atoms with van der Waals surface area (Å²) in [6.07, 6.45) is 9.04. The molecule has 3 N–H and O–H groups in total. The van der Waals surface area contributed by atoms with Crippen LogP contribution in [0.2, 0.25) is 0 Å². The second-order valence-electron chi connectivity index (χ2n) is 8.23. The molecule has 1 fully saturated rings. The van der Waals surface area contributed by atoms with Crippen LogP contribution in [0, 0.1) is 6.92 Å². The summed E-state index contributed by atoms with van der Waals surface area (Å²) in [5.41, 5.74) is 9.68. The summed E-state index contributed by atoms with van der Waals surface area (Å²) in [5, 5.41) is 14.3. The highest BCUT2D eigenvalue weighted by atomic mass is 16.5. The second-order valence-corrected chi connectivity index (χ2v) is 8.23. The Balaban J connectivity index is 1.53. The van der Waals surface area contributed by atoms with E-state index in [1.165, 1.54) is 24.8 Å². The third kappa shape index (κ3) is 4.87. The van der Waals surface area contributed by atoms with Crippen molar-refractivity contribution < 1.29 is 9.84 Å². The van der Waals surface area contributed by atoms with Crippen molar-refractivity contribution >= 4 is 17.3 Å². The molecule has 166 valence electrons. The molecule has 9 heteroatoms. The summed E-state index contributed by atoms with van der Waals surface area (Å²) in [6, 6.07) is 2.31. The van der Waals surface area contributed by atoms with Gasteiger partial charge in [-0.15, -0.1) is 5.10 Å². The Morgan fingerprint density at radius 3 is 2.74 bits per heavy atom. The van der Waals surface area contributed by atoms with Gasteiger partial charge in [-0.05, 0) is 43.7 Å². The van der Waals surface area contributed by atoms with Crippen LogP contribution in [0.5, 0.6) is 6.01 Å². The number of aliphatic hydroxyl groups excluding tert-OH is 1. The number of rotatable bonds is 8. The van der Waals surface area contributed by atoms with E-state index in [-0.39, 0.29) is 18.4 Å². The Labute approximate surface area is 182 Å². The molecule has 0 radical (unpaired) electrons. The van der Waals surface area contributed by atoms with E-state index in [0.29, 0.717) is 18.5 Å². The zero-order chi connectivity index (χ0) is 21.8. The largest absolute Gasteiger partial charge is 0.460 e. The molecule has 4 rings (SSSR count). The molecule has 1 aliphatic heterocycles. The lowest BCUT2D eigenvalue weighted by Gasteiger charge is -2.29. The number of anilines is 2. The van der Waals surface area contributed by atoms with Crippen LogP contribution in [0.3, 0.4) is 0 Å². The van der Waals surface area contributed by atoms with Gasteiger partial charge in [-0.2, -0.15) is 4.98 Å². The van der Waals surface area contributed by atoms with Crippen LogP contribution in [0.4, 0.5) is 11.6 Å². The standard InChI is InChI=1S/C22H31N7O2/c1-3-7-18(30)14-31-22-26-19(23)21-25-13-17(29(21)27-22)11-16-10-15(2)20(24-12-16)28-8-5-4-6-9-28/h10,12-13,18,30H,3-9,11,14H2,1-2H3,(H2,23,26,27). The van der Waals surface area contributed by atoms with Crippen LogP contribution in [-0.2, 0) is 6.42 Å². The minimum atomic E-state index is -0.555. The molecule has 0 spiro atoms. The van der Waals surface area contributed by atoms with E-state index in [0.717, 1.165) is 36.6 Å². The van der Waals surface area contributed by atoms with Gasteiger partial charge in [0.25, 0.3) is 0 Å². The average molecular weight is 426 g/mol. The second kappa shape index (κ2) is 9.47. The first-order valence-corrected chi connectivity index (χ1v) is 11.1. The molecular weight excluding hydrogens is 394 g/mol. The van der Waals surface area contributed by atoms with Crippen molar-refractivity contribution in [1.29, 1.82) is 0 Å².